The molecule has 0 saturated heterocycles. The molecule has 0 aliphatic heterocycles. The number of carboxylic acids is 1. The van der Waals surface area contributed by atoms with Crippen LogP contribution in [0.4, 0.5) is 0 Å². The standard InChI is InChI=1S/C11H22N2O5S/c1-5-13-19(17,18)7-6-12-9(14)8(10(15)16)11(2,3)4/h8,13H,5-7H2,1-4H3,(H,12,14)(H,15,16). The van der Waals surface area contributed by atoms with E-state index in [1.165, 1.54) is 0 Å². The largest absolute Gasteiger partial charge is 0.481 e. The highest BCUT2D eigenvalue weighted by atomic mass is 32.2. The highest BCUT2D eigenvalue weighted by molar-refractivity contribution is 7.89. The summed E-state index contributed by atoms with van der Waals surface area (Å²) in [5, 5.41) is 11.4. The molecule has 0 aliphatic carbocycles. The SMILES string of the molecule is CCNS(=O)(=O)CCNC(=O)C(C(=O)O)C(C)(C)C. The Balaban J connectivity index is 4.50. The maximum Gasteiger partial charge on any atom is 0.316 e. The van der Waals surface area contributed by atoms with Crippen LogP contribution in [0, 0.1) is 11.3 Å². The zero-order valence-corrected chi connectivity index (χ0v) is 12.5. The molecule has 19 heavy (non-hydrogen) atoms. The fourth-order valence-corrected chi connectivity index (χ4v) is 2.53. The molecule has 0 aromatic carbocycles. The lowest BCUT2D eigenvalue weighted by molar-refractivity contribution is -0.151. The molecule has 0 spiro atoms. The van der Waals surface area contributed by atoms with Crippen molar-refractivity contribution in [2.24, 2.45) is 11.3 Å². The van der Waals surface area contributed by atoms with E-state index in [-0.39, 0.29) is 18.8 Å². The van der Waals surface area contributed by atoms with Crippen molar-refractivity contribution in [3.63, 3.8) is 0 Å². The zero-order chi connectivity index (χ0) is 15.3. The van der Waals surface area contributed by atoms with Gasteiger partial charge in [-0.15, -0.1) is 0 Å². The molecule has 0 bridgehead atoms. The van der Waals surface area contributed by atoms with E-state index < -0.39 is 33.2 Å². The molecule has 0 heterocycles. The Morgan fingerprint density at radius 2 is 1.79 bits per heavy atom. The van der Waals surface area contributed by atoms with Crippen LogP contribution in [0.1, 0.15) is 27.7 Å². The average molecular weight is 294 g/mol. The van der Waals surface area contributed by atoms with E-state index in [2.05, 4.69) is 10.0 Å². The summed E-state index contributed by atoms with van der Waals surface area (Å²) in [4.78, 5) is 22.8. The Bertz CT molecular complexity index is 425. The van der Waals surface area contributed by atoms with Crippen LogP contribution in [0.5, 0.6) is 0 Å². The summed E-state index contributed by atoms with van der Waals surface area (Å²) in [6, 6.07) is 0. The van der Waals surface area contributed by atoms with Crippen LogP contribution in [-0.2, 0) is 19.6 Å². The van der Waals surface area contributed by atoms with E-state index >= 15 is 0 Å². The molecule has 0 aromatic rings. The van der Waals surface area contributed by atoms with Gasteiger partial charge in [0.1, 0.15) is 5.92 Å². The van der Waals surface area contributed by atoms with Gasteiger partial charge < -0.3 is 10.4 Å². The number of nitrogens with one attached hydrogen (secondary N) is 2. The molecule has 0 saturated carbocycles. The topological polar surface area (TPSA) is 113 Å². The second kappa shape index (κ2) is 6.85. The smallest absolute Gasteiger partial charge is 0.316 e. The van der Waals surface area contributed by atoms with Gasteiger partial charge in [-0.05, 0) is 5.41 Å². The lowest BCUT2D eigenvalue weighted by Gasteiger charge is -2.25. The monoisotopic (exact) mass is 294 g/mol. The van der Waals surface area contributed by atoms with Crippen molar-refractivity contribution in [2.45, 2.75) is 27.7 Å². The number of rotatable bonds is 7. The predicted octanol–water partition coefficient (Wildman–Crippen LogP) is -0.211. The van der Waals surface area contributed by atoms with Gasteiger partial charge >= 0.3 is 5.97 Å². The third kappa shape index (κ3) is 6.53. The molecular formula is C11H22N2O5S. The summed E-state index contributed by atoms with van der Waals surface area (Å²) >= 11 is 0. The minimum Gasteiger partial charge on any atom is -0.481 e. The van der Waals surface area contributed by atoms with E-state index in [0.717, 1.165) is 0 Å². The van der Waals surface area contributed by atoms with Crippen molar-refractivity contribution < 1.29 is 23.1 Å². The van der Waals surface area contributed by atoms with Crippen molar-refractivity contribution in [1.82, 2.24) is 10.0 Å². The molecule has 0 rings (SSSR count). The molecule has 8 heteroatoms. The van der Waals surface area contributed by atoms with Gasteiger partial charge in [-0.1, -0.05) is 27.7 Å². The van der Waals surface area contributed by atoms with Gasteiger partial charge in [0.15, 0.2) is 0 Å². The summed E-state index contributed by atoms with van der Waals surface area (Å²) in [7, 11) is -3.42. The van der Waals surface area contributed by atoms with Crippen LogP contribution in [0.3, 0.4) is 0 Å². The quantitative estimate of drug-likeness (QED) is 0.562. The normalized spacial score (nSPS) is 13.9. The van der Waals surface area contributed by atoms with Gasteiger partial charge in [-0.2, -0.15) is 0 Å². The summed E-state index contributed by atoms with van der Waals surface area (Å²) in [6.45, 7) is 6.72. The molecule has 0 radical (unpaired) electrons. The van der Waals surface area contributed by atoms with Crippen molar-refractivity contribution in [1.29, 1.82) is 0 Å². The van der Waals surface area contributed by atoms with Crippen LogP contribution in [-0.4, -0.2) is 44.2 Å². The van der Waals surface area contributed by atoms with E-state index in [9.17, 15) is 18.0 Å². The maximum absolute atomic E-state index is 11.8. The molecule has 1 unspecified atom stereocenters. The van der Waals surface area contributed by atoms with E-state index in [0.29, 0.717) is 0 Å². The lowest BCUT2D eigenvalue weighted by Crippen LogP contribution is -2.44. The fraction of sp³-hybridized carbons (Fsp3) is 0.818. The number of aliphatic carboxylic acids is 1. The molecule has 0 aliphatic rings. The number of sulfonamides is 1. The molecule has 1 amide bonds. The number of carbonyl (C=O) groups is 2. The lowest BCUT2D eigenvalue weighted by atomic mass is 9.80. The van der Waals surface area contributed by atoms with Gasteiger partial charge in [-0.25, -0.2) is 13.1 Å². The highest BCUT2D eigenvalue weighted by Gasteiger charge is 2.37. The third-order valence-corrected chi connectivity index (χ3v) is 3.88. The average Bonchev–Trinajstić information content (AvgIpc) is 2.13. The highest BCUT2D eigenvalue weighted by Crippen LogP contribution is 2.26. The van der Waals surface area contributed by atoms with Crippen molar-refractivity contribution in [2.75, 3.05) is 18.8 Å². The predicted molar refractivity (Wildman–Crippen MR) is 71.1 cm³/mol. The number of carboxylic acid groups (broad SMARTS) is 1. The molecule has 3 N–H and O–H groups in total. The first-order valence-corrected chi connectivity index (χ1v) is 7.64. The minimum atomic E-state index is -3.42. The van der Waals surface area contributed by atoms with Crippen LogP contribution < -0.4 is 10.0 Å². The van der Waals surface area contributed by atoms with Crippen LogP contribution in [0.2, 0.25) is 0 Å². The first kappa shape index (κ1) is 17.8. The Morgan fingerprint density at radius 1 is 1.26 bits per heavy atom. The maximum atomic E-state index is 11.8. The number of hydrogen-bond acceptors (Lipinski definition) is 4. The summed E-state index contributed by atoms with van der Waals surface area (Å²) in [5.74, 6) is -3.39. The van der Waals surface area contributed by atoms with E-state index in [1.54, 1.807) is 27.7 Å². The van der Waals surface area contributed by atoms with Gasteiger partial charge in [0.2, 0.25) is 15.9 Å². The Hall–Kier alpha value is -1.15. The van der Waals surface area contributed by atoms with Gasteiger partial charge in [0.25, 0.3) is 0 Å². The molecule has 7 nitrogen and oxygen atoms in total. The molecule has 112 valence electrons. The molecule has 0 fully saturated rings. The summed E-state index contributed by atoms with van der Waals surface area (Å²) in [5.41, 5.74) is -0.740. The third-order valence-electron chi connectivity index (χ3n) is 2.41. The number of hydrogen-bond donors (Lipinski definition) is 3. The number of carbonyl (C=O) groups excluding carboxylic acids is 1. The second-order valence-electron chi connectivity index (χ2n) is 5.25. The fourth-order valence-electron chi connectivity index (χ4n) is 1.58. The molecular weight excluding hydrogens is 272 g/mol. The Labute approximate surface area is 113 Å². The molecule has 1 atom stereocenters. The van der Waals surface area contributed by atoms with Crippen molar-refractivity contribution >= 4 is 21.9 Å². The van der Waals surface area contributed by atoms with Crippen molar-refractivity contribution in [3.8, 4) is 0 Å². The minimum absolute atomic E-state index is 0.117. The van der Waals surface area contributed by atoms with Crippen LogP contribution >= 0.6 is 0 Å². The number of amides is 1. The zero-order valence-electron chi connectivity index (χ0n) is 11.7. The second-order valence-corrected chi connectivity index (χ2v) is 7.17. The first-order valence-electron chi connectivity index (χ1n) is 5.99. The summed E-state index contributed by atoms with van der Waals surface area (Å²) in [6.07, 6.45) is 0. The molecule has 0 aromatic heterocycles. The summed E-state index contributed by atoms with van der Waals surface area (Å²) < 4.78 is 25.0. The van der Waals surface area contributed by atoms with Gasteiger partial charge in [0, 0.05) is 13.1 Å². The van der Waals surface area contributed by atoms with Crippen LogP contribution in [0.25, 0.3) is 0 Å². The van der Waals surface area contributed by atoms with Crippen molar-refractivity contribution in [3.05, 3.63) is 0 Å². The van der Waals surface area contributed by atoms with Gasteiger partial charge in [0.05, 0.1) is 5.75 Å². The van der Waals surface area contributed by atoms with Crippen LogP contribution in [0.15, 0.2) is 0 Å². The Kier molecular flexibility index (Phi) is 6.44. The Morgan fingerprint density at radius 3 is 2.16 bits per heavy atom. The first-order chi connectivity index (χ1) is 8.51. The van der Waals surface area contributed by atoms with E-state index in [1.807, 2.05) is 0 Å². The van der Waals surface area contributed by atoms with E-state index in [4.69, 9.17) is 5.11 Å². The van der Waals surface area contributed by atoms with Gasteiger partial charge in [-0.3, -0.25) is 9.59 Å².